The predicted octanol–water partition coefficient (Wildman–Crippen LogP) is 3.32. The van der Waals surface area contributed by atoms with Gasteiger partial charge >= 0.3 is 5.97 Å². The number of carbonyl (C=O) groups is 17. The number of carboxylic acids is 1. The molecule has 42 nitrogen and oxygen atoms in total. The van der Waals surface area contributed by atoms with Crippen molar-refractivity contribution in [2.24, 2.45) is 35.0 Å². The number of rotatable bonds is 76. The number of hydrogen-bond acceptors (Lipinski definition) is 22. The maximum absolute atomic E-state index is 15.0. The molecule has 0 saturated heterocycles. The third-order valence-corrected chi connectivity index (χ3v) is 23.8. The van der Waals surface area contributed by atoms with E-state index in [1.54, 1.807) is 41.5 Å². The molecule has 1 aromatic heterocycles. The first-order valence-electron chi connectivity index (χ1n) is 49.6. The van der Waals surface area contributed by atoms with E-state index in [4.69, 9.17) is 22.6 Å². The lowest BCUT2D eigenvalue weighted by atomic mass is 9.96. The first kappa shape index (κ1) is 122. The zero-order valence-electron chi connectivity index (χ0n) is 83.3. The van der Waals surface area contributed by atoms with E-state index < -0.39 is 223 Å². The number of aromatic hydroxyl groups is 1. The van der Waals surface area contributed by atoms with E-state index in [9.17, 15) is 102 Å². The molecule has 1 unspecified atom stereocenters. The fraction of sp³-hybridized carbons (Fsp3) is 0.719. The molecule has 0 bridgehead atoms. The molecule has 0 aliphatic heterocycles. The molecule has 0 radical (unpaired) electrons. The monoisotopic (exact) mass is 1950 g/mol. The zero-order chi connectivity index (χ0) is 103. The molecule has 2 rings (SSSR count). The molecule has 138 heavy (non-hydrogen) atoms. The topological polar surface area (TPSA) is 682 Å². The molecule has 780 valence electrons. The number of primary amides is 2. The number of amides is 16. The Kier molecular flexibility index (Phi) is 61.5. The lowest BCUT2D eigenvalue weighted by molar-refractivity contribution is -0.141. The van der Waals surface area contributed by atoms with Gasteiger partial charge in [-0.15, -0.1) is 0 Å². The van der Waals surface area contributed by atoms with Gasteiger partial charge in [0.1, 0.15) is 84.3 Å². The molecule has 1 heterocycles. The van der Waals surface area contributed by atoms with Crippen molar-refractivity contribution in [3.8, 4) is 5.75 Å². The highest BCUT2D eigenvalue weighted by atomic mass is 16.4. The van der Waals surface area contributed by atoms with Crippen molar-refractivity contribution in [1.82, 2.24) is 89.7 Å². The zero-order valence-corrected chi connectivity index (χ0v) is 83.3. The van der Waals surface area contributed by atoms with Gasteiger partial charge in [-0.2, -0.15) is 0 Å². The van der Waals surface area contributed by atoms with Crippen LogP contribution >= 0.6 is 0 Å². The Morgan fingerprint density at radius 1 is 0.399 bits per heavy atom. The van der Waals surface area contributed by atoms with Gasteiger partial charge in [-0.3, -0.25) is 86.9 Å². The third-order valence-electron chi connectivity index (χ3n) is 23.8. The summed E-state index contributed by atoms with van der Waals surface area (Å²) in [5.41, 5.74) is 16.8. The maximum Gasteiger partial charge on any atom is 0.305 e. The molecule has 42 heteroatoms. The number of unbranched alkanes of at least 4 members (excludes halogenated alkanes) is 23. The molecule has 1 aromatic carbocycles. The van der Waals surface area contributed by atoms with E-state index in [2.05, 4.69) is 104 Å². The Bertz CT molecular complexity index is 4080. The van der Waals surface area contributed by atoms with Crippen LogP contribution in [0.15, 0.2) is 36.8 Å². The highest BCUT2D eigenvalue weighted by Gasteiger charge is 2.40. The van der Waals surface area contributed by atoms with Crippen molar-refractivity contribution in [1.29, 1.82) is 5.41 Å². The SMILES string of the molecule is CCCCCCCCCCCCCCCCC(NC(=O)CCCCCCCCCCCCC)C(=O)N[C@@H](CC(=O)O)C(=O)N[C@@H](CCCNC(=N)N)C(=O)N[C@@H](Cc1ccc(O)cc1)C(=O)N[C@@H](CC(C)C)C(=O)N[C@@H](C)C(=O)N[C@H](C(=O)N[C@H](C(=O)N[C@@H](Cc1c[nH]cn1)C(=O)N[C@@H](C)C(=O)N[C@H](C(=O)N[C@@H](CC(N)=O)C(=O)N[C@@H](CO)C(=O)N[C@H](C)CCC(N)=O)[C@@H](C)O)C(C)C)[C@@H](C)CC. The smallest absolute Gasteiger partial charge is 0.305 e. The van der Waals surface area contributed by atoms with Gasteiger partial charge in [-0.25, -0.2) is 4.98 Å². The summed E-state index contributed by atoms with van der Waals surface area (Å²) in [5.74, 6) is -18.8. The summed E-state index contributed by atoms with van der Waals surface area (Å²) in [6.07, 6.45) is 25.9. The number of guanidine groups is 1. The lowest BCUT2D eigenvalue weighted by Crippen LogP contribution is -2.62. The van der Waals surface area contributed by atoms with Crippen molar-refractivity contribution < 1.29 is 102 Å². The minimum absolute atomic E-state index is 0.00349. The second-order valence-electron chi connectivity index (χ2n) is 37.1. The number of aliphatic hydroxyl groups is 2. The number of aliphatic hydroxyl groups excluding tert-OH is 2. The van der Waals surface area contributed by atoms with Gasteiger partial charge in [0, 0.05) is 44.5 Å². The van der Waals surface area contributed by atoms with E-state index >= 15 is 0 Å². The van der Waals surface area contributed by atoms with Crippen LogP contribution in [0.3, 0.4) is 0 Å². The van der Waals surface area contributed by atoms with Gasteiger partial charge in [-0.05, 0) is 102 Å². The van der Waals surface area contributed by atoms with E-state index in [1.165, 1.54) is 141 Å². The molecule has 0 spiro atoms. The number of benzene rings is 1. The van der Waals surface area contributed by atoms with Crippen LogP contribution < -0.4 is 97.0 Å². The first-order chi connectivity index (χ1) is 65.4. The fourth-order valence-electron chi connectivity index (χ4n) is 15.3. The molecule has 16 atom stereocenters. The summed E-state index contributed by atoms with van der Waals surface area (Å²) >= 11 is 0. The standard InChI is InChI=1S/C96H165N21O21/c1-13-16-18-20-22-24-26-27-28-30-31-33-35-37-40-68(107-78(123)42-38-36-34-32-29-25-23-21-19-17-14-2)85(128)111-74(54-79(124)125)91(134)108-69(41-39-49-102-96(99)100)86(129)110-71(51-65-44-46-67(120)47-45-65)89(132)109-70(50-58(4)5)87(130)105-62(10)83(126)116-81(60(8)15-3)94(137)115-80(59(6)7)93(136)112-72(52-66-55-101-57-103-66)88(131)106-63(11)84(127)117-82(64(12)119)95(138)113-73(53-77(98)122)90(133)114-75(56-118)92(135)104-61(9)43-48-76(97)121/h44-47,55,57-64,68-75,80-82,118-120H,13-43,48-54,56H2,1-12H3,(H2,97,121)(H2,98,122)(H,101,103)(H,104,135)(H,105,130)(H,106,131)(H,107,123)(H,108,134)(H,109,132)(H,110,129)(H,111,128)(H,112,136)(H,113,138)(H,114,133)(H,115,137)(H,116,126)(H,117,127)(H,124,125)(H4,99,100,102)/t60-,61+,62-,63-,64+,68?,69-,70-,71-,72-,73-,74-,75-,80-,81-,82-/m0/s1. The average Bonchev–Trinajstić information content (AvgIpc) is 1.06. The minimum Gasteiger partial charge on any atom is -0.508 e. The summed E-state index contributed by atoms with van der Waals surface area (Å²) in [5, 5.41) is 87.3. The van der Waals surface area contributed by atoms with Gasteiger partial charge in [0.25, 0.3) is 0 Å². The van der Waals surface area contributed by atoms with Crippen LogP contribution in [0.1, 0.15) is 319 Å². The number of aromatic amines is 1. The molecule has 0 aliphatic carbocycles. The van der Waals surface area contributed by atoms with Crippen LogP contribution in [-0.4, -0.2) is 241 Å². The molecule has 0 aliphatic rings. The Morgan fingerprint density at radius 3 is 1.27 bits per heavy atom. The summed E-state index contributed by atoms with van der Waals surface area (Å²) in [7, 11) is 0. The van der Waals surface area contributed by atoms with Crippen molar-refractivity contribution in [3.63, 3.8) is 0 Å². The van der Waals surface area contributed by atoms with E-state index in [-0.39, 0.29) is 94.0 Å². The molecule has 0 fully saturated rings. The van der Waals surface area contributed by atoms with Crippen molar-refractivity contribution in [3.05, 3.63) is 48.0 Å². The number of H-pyrrole nitrogens is 1. The molecular weight excluding hydrogens is 1780 g/mol. The van der Waals surface area contributed by atoms with E-state index in [0.717, 1.165) is 71.1 Å². The molecule has 27 N–H and O–H groups in total. The molecule has 16 amide bonds. The number of carbonyl (C=O) groups excluding carboxylic acids is 16. The fourth-order valence-corrected chi connectivity index (χ4v) is 15.3. The summed E-state index contributed by atoms with van der Waals surface area (Å²) in [6.45, 7) is 18.5. The van der Waals surface area contributed by atoms with E-state index in [1.807, 2.05) is 0 Å². The van der Waals surface area contributed by atoms with Crippen LogP contribution in [0.5, 0.6) is 5.75 Å². The van der Waals surface area contributed by atoms with Crippen LogP contribution in [-0.2, 0) is 94.3 Å². The average molecular weight is 1950 g/mol. The number of phenols is 1. The number of hydrogen-bond donors (Lipinski definition) is 24. The maximum atomic E-state index is 15.0. The van der Waals surface area contributed by atoms with Gasteiger partial charge in [0.05, 0.1) is 37.6 Å². The van der Waals surface area contributed by atoms with Gasteiger partial charge in [-0.1, -0.05) is 228 Å². The summed E-state index contributed by atoms with van der Waals surface area (Å²) in [6, 6.07) is -15.5. The number of phenolic OH excluding ortho intramolecular Hbond substituents is 1. The minimum atomic E-state index is -1.90. The van der Waals surface area contributed by atoms with Crippen molar-refractivity contribution in [2.45, 2.75) is 411 Å². The van der Waals surface area contributed by atoms with Gasteiger partial charge in [0.15, 0.2) is 5.96 Å². The number of nitrogens with zero attached hydrogens (tertiary/aromatic N) is 1. The second kappa shape index (κ2) is 69.3. The van der Waals surface area contributed by atoms with Crippen LogP contribution in [0.2, 0.25) is 0 Å². The van der Waals surface area contributed by atoms with Gasteiger partial charge in [0.2, 0.25) is 94.5 Å². The van der Waals surface area contributed by atoms with Crippen molar-refractivity contribution >= 4 is 106 Å². The Morgan fingerprint density at radius 2 is 0.797 bits per heavy atom. The molecule has 2 aromatic rings. The number of aliphatic carboxylic acids is 1. The molecular formula is C96H165N21O21. The van der Waals surface area contributed by atoms with Crippen LogP contribution in [0.25, 0.3) is 0 Å². The van der Waals surface area contributed by atoms with Gasteiger partial charge < -0.3 is 122 Å². The number of imidazole rings is 1. The highest BCUT2D eigenvalue weighted by molar-refractivity contribution is 6.01. The highest BCUT2D eigenvalue weighted by Crippen LogP contribution is 2.20. The van der Waals surface area contributed by atoms with E-state index in [0.29, 0.717) is 18.4 Å². The van der Waals surface area contributed by atoms with Crippen LogP contribution in [0.4, 0.5) is 0 Å². The Hall–Kier alpha value is -11.6. The second-order valence-corrected chi connectivity index (χ2v) is 37.1. The summed E-state index contributed by atoms with van der Waals surface area (Å²) < 4.78 is 0. The normalized spacial score (nSPS) is 14.8. The van der Waals surface area contributed by atoms with Crippen molar-refractivity contribution in [2.75, 3.05) is 13.2 Å². The quantitative estimate of drug-likeness (QED) is 0.0256. The Balaban J connectivity index is 2.46. The summed E-state index contributed by atoms with van der Waals surface area (Å²) in [4.78, 5) is 242. The largest absolute Gasteiger partial charge is 0.508 e. The molecule has 0 saturated carbocycles. The number of carboxylic acid groups (broad SMARTS) is 1. The lowest BCUT2D eigenvalue weighted by Gasteiger charge is -2.30. The number of nitrogens with one attached hydrogen (secondary N) is 17. The van der Waals surface area contributed by atoms with Crippen LogP contribution in [0, 0.1) is 23.2 Å². The predicted molar refractivity (Wildman–Crippen MR) is 520 cm³/mol. The number of aromatic nitrogens is 2. The number of nitrogens with two attached hydrogens (primary N) is 3. The first-order valence-corrected chi connectivity index (χ1v) is 49.6. The Labute approximate surface area is 813 Å². The third kappa shape index (κ3) is 52.3.